The molecule has 1 heterocycles. The Morgan fingerprint density at radius 1 is 0.955 bits per heavy atom. The highest BCUT2D eigenvalue weighted by Crippen LogP contribution is 2.18. The number of rotatable bonds is 5. The van der Waals surface area contributed by atoms with Crippen LogP contribution in [0.5, 0.6) is 0 Å². The zero-order valence-corrected chi connectivity index (χ0v) is 12.4. The highest BCUT2D eigenvalue weighted by molar-refractivity contribution is 5.91. The first-order valence-electron chi connectivity index (χ1n) is 6.94. The molecule has 6 nitrogen and oxygen atoms in total. The van der Waals surface area contributed by atoms with Gasteiger partial charge in [0, 0.05) is 5.56 Å². The first-order valence-corrected chi connectivity index (χ1v) is 6.94. The van der Waals surface area contributed by atoms with Gasteiger partial charge < -0.3 is 9.47 Å². The summed E-state index contributed by atoms with van der Waals surface area (Å²) in [6.45, 7) is 3.80. The van der Waals surface area contributed by atoms with Crippen LogP contribution in [-0.4, -0.2) is 35.1 Å². The number of hydrogen-bond acceptors (Lipinski definition) is 6. The fourth-order valence-electron chi connectivity index (χ4n) is 1.80. The molecule has 0 fully saturated rings. The molecule has 0 radical (unpaired) electrons. The second-order valence-corrected chi connectivity index (χ2v) is 4.27. The third kappa shape index (κ3) is 3.66. The fraction of sp³-hybridized carbons (Fsp3) is 0.250. The summed E-state index contributed by atoms with van der Waals surface area (Å²) in [5.74, 6) is -1.44. The van der Waals surface area contributed by atoms with E-state index < -0.39 is 11.9 Å². The molecule has 114 valence electrons. The Labute approximate surface area is 128 Å². The van der Waals surface area contributed by atoms with Crippen molar-refractivity contribution in [2.45, 2.75) is 13.8 Å². The van der Waals surface area contributed by atoms with Gasteiger partial charge in [0.15, 0.2) is 5.69 Å². The summed E-state index contributed by atoms with van der Waals surface area (Å²) in [7, 11) is 0. The fourth-order valence-corrected chi connectivity index (χ4v) is 1.80. The molecular weight excluding hydrogens is 284 g/mol. The van der Waals surface area contributed by atoms with Crippen LogP contribution in [0.2, 0.25) is 0 Å². The van der Waals surface area contributed by atoms with Crippen molar-refractivity contribution < 1.29 is 19.1 Å². The monoisotopic (exact) mass is 300 g/mol. The molecule has 2 rings (SSSR count). The van der Waals surface area contributed by atoms with Gasteiger partial charge in [-0.15, -0.1) is 0 Å². The topological polar surface area (TPSA) is 78.4 Å². The quantitative estimate of drug-likeness (QED) is 0.789. The van der Waals surface area contributed by atoms with Crippen LogP contribution in [0.25, 0.3) is 11.3 Å². The molecule has 22 heavy (non-hydrogen) atoms. The summed E-state index contributed by atoms with van der Waals surface area (Å²) < 4.78 is 9.83. The lowest BCUT2D eigenvalue weighted by Gasteiger charge is -2.07. The summed E-state index contributed by atoms with van der Waals surface area (Å²) in [5, 5.41) is 0. The van der Waals surface area contributed by atoms with E-state index in [1.54, 1.807) is 13.8 Å². The van der Waals surface area contributed by atoms with E-state index in [1.165, 1.54) is 6.07 Å². The maximum atomic E-state index is 11.9. The van der Waals surface area contributed by atoms with Gasteiger partial charge in [0.05, 0.1) is 18.9 Å². The molecule has 0 aliphatic carbocycles. The van der Waals surface area contributed by atoms with Gasteiger partial charge in [-0.25, -0.2) is 19.6 Å². The van der Waals surface area contributed by atoms with E-state index in [0.29, 0.717) is 5.69 Å². The first-order chi connectivity index (χ1) is 10.7. The van der Waals surface area contributed by atoms with Gasteiger partial charge in [0.1, 0.15) is 0 Å². The molecule has 1 aromatic heterocycles. The molecule has 0 bridgehead atoms. The van der Waals surface area contributed by atoms with Crippen LogP contribution in [0.1, 0.15) is 35.0 Å². The number of carbonyl (C=O) groups excluding carboxylic acids is 2. The predicted molar refractivity (Wildman–Crippen MR) is 79.4 cm³/mol. The van der Waals surface area contributed by atoms with Gasteiger partial charge >= 0.3 is 11.9 Å². The van der Waals surface area contributed by atoms with Gasteiger partial charge in [0.2, 0.25) is 5.82 Å². The molecule has 0 aliphatic rings. The molecule has 2 aromatic rings. The van der Waals surface area contributed by atoms with Crippen LogP contribution < -0.4 is 0 Å². The van der Waals surface area contributed by atoms with Gasteiger partial charge in [0.25, 0.3) is 0 Å². The summed E-state index contributed by atoms with van der Waals surface area (Å²) in [6, 6.07) is 10.7. The lowest BCUT2D eigenvalue weighted by Crippen LogP contribution is -2.15. The van der Waals surface area contributed by atoms with Crippen molar-refractivity contribution in [3.05, 3.63) is 47.9 Å². The summed E-state index contributed by atoms with van der Waals surface area (Å²) in [4.78, 5) is 31.9. The van der Waals surface area contributed by atoms with Crippen LogP contribution >= 0.6 is 0 Å². The van der Waals surface area contributed by atoms with Gasteiger partial charge in [-0.3, -0.25) is 0 Å². The minimum absolute atomic E-state index is 0.0266. The predicted octanol–water partition coefficient (Wildman–Crippen LogP) is 2.50. The minimum Gasteiger partial charge on any atom is -0.461 e. The van der Waals surface area contributed by atoms with E-state index in [-0.39, 0.29) is 24.7 Å². The van der Waals surface area contributed by atoms with E-state index in [9.17, 15) is 9.59 Å². The standard InChI is InChI=1S/C16H16N2O4/c1-3-21-15(19)13-10-12(11-8-6-5-7-9-11)17-14(18-13)16(20)22-4-2/h5-10H,3-4H2,1-2H3. The lowest BCUT2D eigenvalue weighted by atomic mass is 10.1. The van der Waals surface area contributed by atoms with Crippen molar-refractivity contribution in [1.82, 2.24) is 9.97 Å². The highest BCUT2D eigenvalue weighted by atomic mass is 16.5. The van der Waals surface area contributed by atoms with Crippen LogP contribution in [0, 0.1) is 0 Å². The normalized spacial score (nSPS) is 10.1. The van der Waals surface area contributed by atoms with Gasteiger partial charge in [-0.05, 0) is 19.9 Å². The van der Waals surface area contributed by atoms with Crippen molar-refractivity contribution in [3.63, 3.8) is 0 Å². The molecule has 0 saturated heterocycles. The van der Waals surface area contributed by atoms with Crippen LogP contribution in [-0.2, 0) is 9.47 Å². The van der Waals surface area contributed by atoms with Crippen LogP contribution in [0.15, 0.2) is 36.4 Å². The Hall–Kier alpha value is -2.76. The zero-order chi connectivity index (χ0) is 15.9. The average Bonchev–Trinajstić information content (AvgIpc) is 2.55. The number of ether oxygens (including phenoxy) is 2. The molecule has 1 aromatic carbocycles. The van der Waals surface area contributed by atoms with Gasteiger partial charge in [-0.2, -0.15) is 0 Å². The van der Waals surface area contributed by atoms with E-state index in [2.05, 4.69) is 9.97 Å². The highest BCUT2D eigenvalue weighted by Gasteiger charge is 2.18. The third-order valence-electron chi connectivity index (χ3n) is 2.74. The number of benzene rings is 1. The van der Waals surface area contributed by atoms with Crippen molar-refractivity contribution in [1.29, 1.82) is 0 Å². The Bertz CT molecular complexity index is 635. The van der Waals surface area contributed by atoms with Crippen molar-refractivity contribution in [2.75, 3.05) is 13.2 Å². The van der Waals surface area contributed by atoms with Crippen molar-refractivity contribution in [2.24, 2.45) is 0 Å². The Balaban J connectivity index is 2.49. The van der Waals surface area contributed by atoms with E-state index >= 15 is 0 Å². The molecule has 6 heteroatoms. The van der Waals surface area contributed by atoms with Crippen LogP contribution in [0.4, 0.5) is 0 Å². The molecule has 0 saturated carbocycles. The Morgan fingerprint density at radius 3 is 2.23 bits per heavy atom. The Morgan fingerprint density at radius 2 is 1.59 bits per heavy atom. The maximum absolute atomic E-state index is 11.9. The lowest BCUT2D eigenvalue weighted by molar-refractivity contribution is 0.0505. The number of esters is 2. The largest absolute Gasteiger partial charge is 0.461 e. The second-order valence-electron chi connectivity index (χ2n) is 4.27. The van der Waals surface area contributed by atoms with Crippen LogP contribution in [0.3, 0.4) is 0 Å². The average molecular weight is 300 g/mol. The molecule has 0 spiro atoms. The first kappa shape index (κ1) is 15.6. The molecule has 0 N–H and O–H groups in total. The Kier molecular flexibility index (Phi) is 5.19. The summed E-state index contributed by atoms with van der Waals surface area (Å²) >= 11 is 0. The van der Waals surface area contributed by atoms with Crippen molar-refractivity contribution >= 4 is 11.9 Å². The molecule has 0 unspecified atom stereocenters. The smallest absolute Gasteiger partial charge is 0.376 e. The van der Waals surface area contributed by atoms with Gasteiger partial charge in [-0.1, -0.05) is 30.3 Å². The number of carbonyl (C=O) groups is 2. The summed E-state index contributed by atoms with van der Waals surface area (Å²) in [6.07, 6.45) is 0. The maximum Gasteiger partial charge on any atom is 0.376 e. The van der Waals surface area contributed by atoms with Crippen molar-refractivity contribution in [3.8, 4) is 11.3 Å². The molecule has 0 amide bonds. The van der Waals surface area contributed by atoms with E-state index in [4.69, 9.17) is 9.47 Å². The number of hydrogen-bond donors (Lipinski definition) is 0. The molecule has 0 atom stereocenters. The van der Waals surface area contributed by atoms with E-state index in [1.807, 2.05) is 30.3 Å². The third-order valence-corrected chi connectivity index (χ3v) is 2.74. The van der Waals surface area contributed by atoms with E-state index in [0.717, 1.165) is 5.56 Å². The minimum atomic E-state index is -0.675. The molecule has 0 aliphatic heterocycles. The SMILES string of the molecule is CCOC(=O)c1cc(-c2ccccc2)nc(C(=O)OCC)n1. The number of aromatic nitrogens is 2. The second kappa shape index (κ2) is 7.31. The summed E-state index contributed by atoms with van der Waals surface area (Å²) in [5.41, 5.74) is 1.25. The molecular formula is C16H16N2O4. The zero-order valence-electron chi connectivity index (χ0n) is 12.4. The number of nitrogens with zero attached hydrogens (tertiary/aromatic N) is 2.